The van der Waals surface area contributed by atoms with Crippen molar-refractivity contribution >= 4 is 23.3 Å². The summed E-state index contributed by atoms with van der Waals surface area (Å²) in [6, 6.07) is 13.4. The van der Waals surface area contributed by atoms with Crippen LogP contribution < -0.4 is 15.4 Å². The van der Waals surface area contributed by atoms with E-state index in [1.807, 2.05) is 0 Å². The molecule has 0 atom stereocenters. The molecule has 0 radical (unpaired) electrons. The highest BCUT2D eigenvalue weighted by molar-refractivity contribution is 6.00. The van der Waals surface area contributed by atoms with Crippen LogP contribution in [0, 0.1) is 0 Å². The number of ether oxygens (including phenoxy) is 1. The van der Waals surface area contributed by atoms with Gasteiger partial charge in [-0.2, -0.15) is 0 Å². The van der Waals surface area contributed by atoms with Gasteiger partial charge in [0.15, 0.2) is 5.78 Å². The Morgan fingerprint density at radius 3 is 2.41 bits per heavy atom. The molecule has 0 aromatic heterocycles. The quantitative estimate of drug-likeness (QED) is 0.524. The second kappa shape index (κ2) is 10.1. The average Bonchev–Trinajstić information content (AvgIpc) is 2.67. The van der Waals surface area contributed by atoms with Crippen LogP contribution in [0.25, 0.3) is 0 Å². The van der Waals surface area contributed by atoms with Gasteiger partial charge in [0.25, 0.3) is 5.91 Å². The summed E-state index contributed by atoms with van der Waals surface area (Å²) in [5.41, 5.74) is 1.47. The lowest BCUT2D eigenvalue weighted by atomic mass is 10.1. The molecule has 0 spiro atoms. The van der Waals surface area contributed by atoms with E-state index in [0.29, 0.717) is 29.2 Å². The second-order valence-corrected chi connectivity index (χ2v) is 6.09. The number of hydrogen-bond acceptors (Lipinski definition) is 4. The molecular weight excluding hydrogens is 344 g/mol. The van der Waals surface area contributed by atoms with E-state index in [1.54, 1.807) is 48.5 Å². The maximum Gasteiger partial charge on any atom is 0.251 e. The summed E-state index contributed by atoms with van der Waals surface area (Å²) < 4.78 is 5.55. The highest BCUT2D eigenvalue weighted by atomic mass is 16.5. The van der Waals surface area contributed by atoms with Gasteiger partial charge in [-0.1, -0.05) is 25.5 Å². The maximum absolute atomic E-state index is 12.1. The van der Waals surface area contributed by atoms with Crippen LogP contribution in [-0.4, -0.2) is 30.7 Å². The third-order valence-corrected chi connectivity index (χ3v) is 3.85. The van der Waals surface area contributed by atoms with Gasteiger partial charge in [0.2, 0.25) is 5.91 Å². The Balaban J connectivity index is 1.83. The Labute approximate surface area is 158 Å². The van der Waals surface area contributed by atoms with Gasteiger partial charge in [0.05, 0.1) is 13.2 Å². The third-order valence-electron chi connectivity index (χ3n) is 3.85. The summed E-state index contributed by atoms with van der Waals surface area (Å²) in [6.07, 6.45) is 2.04. The normalized spacial score (nSPS) is 10.1. The first-order chi connectivity index (χ1) is 13.0. The molecule has 0 unspecified atom stereocenters. The predicted octanol–water partition coefficient (Wildman–Crippen LogP) is 3.44. The first-order valence-electron chi connectivity index (χ1n) is 8.91. The van der Waals surface area contributed by atoms with Gasteiger partial charge in [-0.3, -0.25) is 14.4 Å². The number of anilines is 1. The first kappa shape index (κ1) is 20.2. The summed E-state index contributed by atoms with van der Waals surface area (Å²) in [5, 5.41) is 5.23. The Morgan fingerprint density at radius 2 is 1.74 bits per heavy atom. The minimum absolute atomic E-state index is 0.0819. The lowest BCUT2D eigenvalue weighted by molar-refractivity contribution is -0.115. The molecule has 0 bridgehead atoms. The molecule has 0 fully saturated rings. The summed E-state index contributed by atoms with van der Waals surface area (Å²) >= 11 is 0. The highest BCUT2D eigenvalue weighted by Gasteiger charge is 2.09. The lowest BCUT2D eigenvalue weighted by Gasteiger charge is -2.09. The number of unbranched alkanes of at least 4 members (excludes halogenated alkanes) is 1. The van der Waals surface area contributed by atoms with Crippen molar-refractivity contribution in [1.82, 2.24) is 5.32 Å². The molecule has 0 aliphatic rings. The van der Waals surface area contributed by atoms with Crippen LogP contribution in [0.4, 0.5) is 5.69 Å². The Hall–Kier alpha value is -3.15. The van der Waals surface area contributed by atoms with Crippen LogP contribution in [0.3, 0.4) is 0 Å². The van der Waals surface area contributed by atoms with E-state index >= 15 is 0 Å². The molecule has 6 heteroatoms. The monoisotopic (exact) mass is 368 g/mol. The Morgan fingerprint density at radius 1 is 1.00 bits per heavy atom. The van der Waals surface area contributed by atoms with Crippen molar-refractivity contribution in [2.75, 3.05) is 18.5 Å². The number of Topliss-reactive ketones (excluding diaryl/α,β-unsaturated/α-hetero) is 1. The molecule has 2 rings (SSSR count). The van der Waals surface area contributed by atoms with E-state index in [-0.39, 0.29) is 24.1 Å². The molecular formula is C21H24N2O4. The molecule has 0 aliphatic carbocycles. The zero-order valence-corrected chi connectivity index (χ0v) is 15.6. The van der Waals surface area contributed by atoms with Crippen LogP contribution in [0.2, 0.25) is 0 Å². The fourth-order valence-corrected chi connectivity index (χ4v) is 2.32. The zero-order valence-electron chi connectivity index (χ0n) is 15.6. The number of hydrogen-bond donors (Lipinski definition) is 2. The SMILES string of the molecule is CCCCOc1ccc(C(=O)NCC(=O)Nc2cccc(C(C)=O)c2)cc1. The van der Waals surface area contributed by atoms with Gasteiger partial charge < -0.3 is 15.4 Å². The number of amides is 2. The summed E-state index contributed by atoms with van der Waals surface area (Å²) in [5.74, 6) is -0.0871. The maximum atomic E-state index is 12.1. The second-order valence-electron chi connectivity index (χ2n) is 6.09. The molecule has 2 aromatic rings. The van der Waals surface area contributed by atoms with Crippen molar-refractivity contribution in [2.24, 2.45) is 0 Å². The number of rotatable bonds is 9. The summed E-state index contributed by atoms with van der Waals surface area (Å²) in [4.78, 5) is 35.5. The van der Waals surface area contributed by atoms with Gasteiger partial charge in [0.1, 0.15) is 5.75 Å². The number of carbonyl (C=O) groups is 3. The number of carbonyl (C=O) groups excluding carboxylic acids is 3. The van der Waals surface area contributed by atoms with E-state index in [0.717, 1.165) is 12.8 Å². The smallest absolute Gasteiger partial charge is 0.251 e. The lowest BCUT2D eigenvalue weighted by Crippen LogP contribution is -2.32. The van der Waals surface area contributed by atoms with Crippen molar-refractivity contribution < 1.29 is 19.1 Å². The summed E-state index contributed by atoms with van der Waals surface area (Å²) in [6.45, 7) is 4.03. The molecule has 6 nitrogen and oxygen atoms in total. The topological polar surface area (TPSA) is 84.5 Å². The van der Waals surface area contributed by atoms with Gasteiger partial charge in [-0.15, -0.1) is 0 Å². The standard InChI is InChI=1S/C21H24N2O4/c1-3-4-12-27-19-10-8-16(9-11-19)21(26)22-14-20(25)23-18-7-5-6-17(13-18)15(2)24/h5-11,13H,3-4,12,14H2,1-2H3,(H,22,26)(H,23,25). The molecule has 2 aromatic carbocycles. The minimum atomic E-state index is -0.372. The Kier molecular flexibility index (Phi) is 7.55. The van der Waals surface area contributed by atoms with Crippen molar-refractivity contribution in [2.45, 2.75) is 26.7 Å². The molecule has 2 amide bonds. The molecule has 27 heavy (non-hydrogen) atoms. The van der Waals surface area contributed by atoms with Crippen molar-refractivity contribution in [3.63, 3.8) is 0 Å². The van der Waals surface area contributed by atoms with Gasteiger partial charge in [0, 0.05) is 16.8 Å². The zero-order chi connectivity index (χ0) is 19.6. The number of benzene rings is 2. The molecule has 2 N–H and O–H groups in total. The van der Waals surface area contributed by atoms with Crippen LogP contribution in [0.15, 0.2) is 48.5 Å². The van der Waals surface area contributed by atoms with Crippen LogP contribution in [-0.2, 0) is 4.79 Å². The van der Waals surface area contributed by atoms with Gasteiger partial charge in [-0.25, -0.2) is 0 Å². The fourth-order valence-electron chi connectivity index (χ4n) is 2.32. The minimum Gasteiger partial charge on any atom is -0.494 e. The first-order valence-corrected chi connectivity index (χ1v) is 8.91. The molecule has 0 aliphatic heterocycles. The van der Waals surface area contributed by atoms with Crippen molar-refractivity contribution in [1.29, 1.82) is 0 Å². The fraction of sp³-hybridized carbons (Fsp3) is 0.286. The predicted molar refractivity (Wildman–Crippen MR) is 104 cm³/mol. The van der Waals surface area contributed by atoms with Gasteiger partial charge >= 0.3 is 0 Å². The van der Waals surface area contributed by atoms with Gasteiger partial charge in [-0.05, 0) is 49.7 Å². The summed E-state index contributed by atoms with van der Waals surface area (Å²) in [7, 11) is 0. The van der Waals surface area contributed by atoms with Crippen LogP contribution in [0.5, 0.6) is 5.75 Å². The van der Waals surface area contributed by atoms with E-state index in [4.69, 9.17) is 4.74 Å². The van der Waals surface area contributed by atoms with Crippen LogP contribution >= 0.6 is 0 Å². The largest absolute Gasteiger partial charge is 0.494 e. The molecule has 142 valence electrons. The van der Waals surface area contributed by atoms with E-state index in [1.165, 1.54) is 6.92 Å². The number of nitrogens with one attached hydrogen (secondary N) is 2. The van der Waals surface area contributed by atoms with Crippen LogP contribution in [0.1, 0.15) is 47.4 Å². The Bertz CT molecular complexity index is 800. The molecule has 0 heterocycles. The van der Waals surface area contributed by atoms with Crippen molar-refractivity contribution in [3.05, 3.63) is 59.7 Å². The average molecular weight is 368 g/mol. The van der Waals surface area contributed by atoms with E-state index in [2.05, 4.69) is 17.6 Å². The van der Waals surface area contributed by atoms with E-state index in [9.17, 15) is 14.4 Å². The number of ketones is 1. The third kappa shape index (κ3) is 6.58. The highest BCUT2D eigenvalue weighted by Crippen LogP contribution is 2.13. The van der Waals surface area contributed by atoms with Crippen molar-refractivity contribution in [3.8, 4) is 5.75 Å². The molecule has 0 saturated heterocycles. The van der Waals surface area contributed by atoms with E-state index < -0.39 is 0 Å². The molecule has 0 saturated carbocycles.